The molecule has 34 valence electrons. The summed E-state index contributed by atoms with van der Waals surface area (Å²) in [7, 11) is 1.31. The molecule has 2 nitrogen and oxygen atoms in total. The molecular weight excluding hydrogens is 116 g/mol. The Labute approximate surface area is 42.4 Å². The van der Waals surface area contributed by atoms with Gasteiger partial charge in [0.1, 0.15) is 0 Å². The second kappa shape index (κ2) is 1.77. The molecule has 0 radical (unpaired) electrons. The third-order valence-electron chi connectivity index (χ3n) is 0.380. The van der Waals surface area contributed by atoms with Crippen molar-refractivity contribution < 1.29 is 0 Å². The summed E-state index contributed by atoms with van der Waals surface area (Å²) in [5, 5.41) is 7.19. The lowest BCUT2D eigenvalue weighted by Crippen LogP contribution is -1.89. The predicted octanol–water partition coefficient (Wildman–Crippen LogP) is 0.795. The van der Waals surface area contributed by atoms with Gasteiger partial charge in [-0.05, 0) is 10.8 Å². The van der Waals surface area contributed by atoms with E-state index in [1.54, 1.807) is 17.0 Å². The van der Waals surface area contributed by atoms with E-state index in [1.807, 2.05) is 5.41 Å². The molecule has 1 heterocycles. The van der Waals surface area contributed by atoms with E-state index in [0.717, 1.165) is 0 Å². The van der Waals surface area contributed by atoms with E-state index >= 15 is 0 Å². The van der Waals surface area contributed by atoms with Gasteiger partial charge in [0.15, 0.2) is 0 Å². The molecule has 1 aliphatic heterocycles. The highest BCUT2D eigenvalue weighted by atomic mass is 33.1. The monoisotopic (exact) mass is 120 g/mol. The maximum absolute atomic E-state index is 5.30. The molecule has 0 aromatic heterocycles. The summed E-state index contributed by atoms with van der Waals surface area (Å²) in [6.07, 6.45) is 1.73. The first-order valence-electron chi connectivity index (χ1n) is 1.41. The van der Waals surface area contributed by atoms with Crippen LogP contribution in [-0.4, -0.2) is 0 Å². The average molecular weight is 120 g/mol. The maximum atomic E-state index is 5.30. The van der Waals surface area contributed by atoms with Crippen molar-refractivity contribution in [1.29, 1.82) is 0 Å². The van der Waals surface area contributed by atoms with Crippen LogP contribution in [0, 0.1) is 0 Å². The first-order valence-corrected chi connectivity index (χ1v) is 4.05. The fourth-order valence-electron chi connectivity index (χ4n) is 0.191. The third-order valence-corrected chi connectivity index (χ3v) is 2.32. The number of rotatable bonds is 0. The van der Waals surface area contributed by atoms with Crippen LogP contribution in [0.1, 0.15) is 0 Å². The van der Waals surface area contributed by atoms with Gasteiger partial charge in [0.05, 0.1) is 0 Å². The zero-order valence-corrected chi connectivity index (χ0v) is 4.63. The van der Waals surface area contributed by atoms with E-state index < -0.39 is 0 Å². The van der Waals surface area contributed by atoms with Crippen molar-refractivity contribution in [3.05, 3.63) is 11.6 Å². The molecule has 0 aliphatic carbocycles. The van der Waals surface area contributed by atoms with Crippen LogP contribution in [0.2, 0.25) is 0 Å². The lowest BCUT2D eigenvalue weighted by Gasteiger charge is -1.79. The van der Waals surface area contributed by atoms with Crippen LogP contribution in [-0.2, 0) is 9.91 Å². The molecular formula is C2H4N2S2. The van der Waals surface area contributed by atoms with Crippen LogP contribution in [0.3, 0.4) is 0 Å². The normalized spacial score (nSPS) is 30.5. The number of nitrogens with two attached hydrogens (primary N) is 1. The van der Waals surface area contributed by atoms with Gasteiger partial charge in [-0.2, -0.15) is 0 Å². The summed E-state index contributed by atoms with van der Waals surface area (Å²) in [6, 6.07) is 0. The van der Waals surface area contributed by atoms with E-state index in [4.69, 9.17) is 5.14 Å². The molecule has 2 N–H and O–H groups in total. The van der Waals surface area contributed by atoms with Gasteiger partial charge in [-0.3, -0.25) is 5.14 Å². The Morgan fingerprint density at radius 2 is 2.67 bits per heavy atom. The highest BCUT2D eigenvalue weighted by Gasteiger charge is 1.87. The lowest BCUT2D eigenvalue weighted by molar-refractivity contribution is 1.67. The minimum absolute atomic E-state index is 0.242. The van der Waals surface area contributed by atoms with Crippen molar-refractivity contribution in [3.63, 3.8) is 0 Å². The van der Waals surface area contributed by atoms with Crippen molar-refractivity contribution in [3.8, 4) is 0 Å². The molecule has 0 spiro atoms. The molecule has 0 saturated carbocycles. The molecule has 0 fully saturated rings. The fourth-order valence-corrected chi connectivity index (χ4v) is 1.51. The van der Waals surface area contributed by atoms with Crippen LogP contribution in [0.25, 0.3) is 0 Å². The minimum Gasteiger partial charge on any atom is -0.259 e. The van der Waals surface area contributed by atoms with Crippen molar-refractivity contribution >= 4 is 20.7 Å². The fraction of sp³-hybridized carbons (Fsp3) is 0. The molecule has 0 bridgehead atoms. The van der Waals surface area contributed by atoms with Gasteiger partial charge in [0.25, 0.3) is 0 Å². The Morgan fingerprint density at radius 1 is 1.83 bits per heavy atom. The molecule has 1 aliphatic rings. The van der Waals surface area contributed by atoms with Crippen molar-refractivity contribution in [2.24, 2.45) is 9.50 Å². The van der Waals surface area contributed by atoms with E-state index in [0.29, 0.717) is 0 Å². The van der Waals surface area contributed by atoms with Crippen LogP contribution >= 0.6 is 10.8 Å². The van der Waals surface area contributed by atoms with Crippen molar-refractivity contribution in [2.45, 2.75) is 0 Å². The SMILES string of the molecule is NS1=NC=CS1. The topological polar surface area (TPSA) is 38.4 Å². The van der Waals surface area contributed by atoms with Crippen LogP contribution in [0.15, 0.2) is 16.0 Å². The van der Waals surface area contributed by atoms with Crippen LogP contribution in [0.4, 0.5) is 0 Å². The summed E-state index contributed by atoms with van der Waals surface area (Å²) in [5.41, 5.74) is 0. The number of nitrogens with zero attached hydrogens (tertiary/aromatic N) is 1. The van der Waals surface area contributed by atoms with Gasteiger partial charge < -0.3 is 0 Å². The molecule has 1 atom stereocenters. The van der Waals surface area contributed by atoms with E-state index in [2.05, 4.69) is 4.36 Å². The summed E-state index contributed by atoms with van der Waals surface area (Å²) in [5.74, 6) is 0. The van der Waals surface area contributed by atoms with Gasteiger partial charge in [-0.25, -0.2) is 4.36 Å². The van der Waals surface area contributed by atoms with Gasteiger partial charge in [0, 0.05) is 21.5 Å². The summed E-state index contributed by atoms with van der Waals surface area (Å²) in [6.45, 7) is 0. The summed E-state index contributed by atoms with van der Waals surface area (Å²) < 4.78 is 3.82. The Hall–Kier alpha value is 0.200. The molecule has 1 rings (SSSR count). The molecule has 0 saturated heterocycles. The van der Waals surface area contributed by atoms with E-state index in [-0.39, 0.29) is 9.91 Å². The summed E-state index contributed by atoms with van der Waals surface area (Å²) in [4.78, 5) is 0. The van der Waals surface area contributed by atoms with Gasteiger partial charge in [0.2, 0.25) is 0 Å². The van der Waals surface area contributed by atoms with E-state index in [9.17, 15) is 0 Å². The highest BCUT2D eigenvalue weighted by Crippen LogP contribution is 2.12. The minimum atomic E-state index is -0.242. The quantitative estimate of drug-likeness (QED) is 0.480. The molecule has 0 aromatic rings. The molecule has 0 aromatic carbocycles. The molecule has 0 amide bonds. The van der Waals surface area contributed by atoms with Crippen LogP contribution in [0.5, 0.6) is 0 Å². The Morgan fingerprint density at radius 3 is 2.83 bits per heavy atom. The van der Waals surface area contributed by atoms with Gasteiger partial charge >= 0.3 is 0 Å². The zero-order chi connectivity index (χ0) is 4.41. The Kier molecular flexibility index (Phi) is 1.29. The largest absolute Gasteiger partial charge is 0.259 e. The second-order valence-electron chi connectivity index (χ2n) is 0.763. The Balaban J connectivity index is 2.61. The number of hydrogen-bond donors (Lipinski definition) is 1. The molecule has 6 heavy (non-hydrogen) atoms. The third kappa shape index (κ3) is 0.830. The van der Waals surface area contributed by atoms with Crippen molar-refractivity contribution in [1.82, 2.24) is 0 Å². The molecule has 4 heteroatoms. The predicted molar refractivity (Wildman–Crippen MR) is 30.7 cm³/mol. The van der Waals surface area contributed by atoms with Gasteiger partial charge in [-0.15, -0.1) is 0 Å². The standard InChI is InChI=1S/C2H4N2S2/c3-6-4-1-2-5-6/h1-2H,(H2,3,4). The molecule has 1 unspecified atom stereocenters. The van der Waals surface area contributed by atoms with Crippen LogP contribution < -0.4 is 5.14 Å². The maximum Gasteiger partial charge on any atom is 0.0438 e. The first-order chi connectivity index (χ1) is 2.89. The average Bonchev–Trinajstić information content (AvgIpc) is 1.86. The Bertz CT molecular complexity index is 106. The summed E-state index contributed by atoms with van der Waals surface area (Å²) >= 11 is 0. The highest BCUT2D eigenvalue weighted by molar-refractivity contribution is 8.70. The lowest BCUT2D eigenvalue weighted by atomic mass is 11.1. The first kappa shape index (κ1) is 4.36. The zero-order valence-electron chi connectivity index (χ0n) is 3.00. The number of hydrogen-bond acceptors (Lipinski definition) is 3. The van der Waals surface area contributed by atoms with E-state index in [1.165, 1.54) is 0 Å². The van der Waals surface area contributed by atoms with Gasteiger partial charge in [-0.1, -0.05) is 0 Å². The smallest absolute Gasteiger partial charge is 0.0438 e. The van der Waals surface area contributed by atoms with Crippen molar-refractivity contribution in [2.75, 3.05) is 0 Å². The second-order valence-corrected chi connectivity index (χ2v) is 3.59.